The molecule has 0 N–H and O–H groups in total. The van der Waals surface area contributed by atoms with Gasteiger partial charge in [-0.05, 0) is 73.8 Å². The number of rotatable bonds is 11. The largest absolute Gasteiger partial charge is 0.378 e. The predicted molar refractivity (Wildman–Crippen MR) is 126 cm³/mol. The van der Waals surface area contributed by atoms with Crippen LogP contribution >= 0.6 is 0 Å². The van der Waals surface area contributed by atoms with Crippen LogP contribution in [0.4, 0.5) is 0 Å². The van der Waals surface area contributed by atoms with Gasteiger partial charge < -0.3 is 4.74 Å². The topological polar surface area (TPSA) is 9.23 Å². The highest BCUT2D eigenvalue weighted by Gasteiger charge is 2.23. The van der Waals surface area contributed by atoms with Gasteiger partial charge in [-0.15, -0.1) is 0 Å². The van der Waals surface area contributed by atoms with Crippen molar-refractivity contribution in [1.82, 2.24) is 0 Å². The van der Waals surface area contributed by atoms with E-state index in [0.29, 0.717) is 6.10 Å². The van der Waals surface area contributed by atoms with Crippen LogP contribution in [0.2, 0.25) is 0 Å². The summed E-state index contributed by atoms with van der Waals surface area (Å²) in [6.45, 7) is 5.58. The van der Waals surface area contributed by atoms with Gasteiger partial charge in [-0.1, -0.05) is 89.5 Å². The Labute approximate surface area is 181 Å². The molecule has 0 heterocycles. The van der Waals surface area contributed by atoms with Gasteiger partial charge >= 0.3 is 0 Å². The lowest BCUT2D eigenvalue weighted by Gasteiger charge is -2.30. The highest BCUT2D eigenvalue weighted by atomic mass is 16.5. The second-order valence-corrected chi connectivity index (χ2v) is 10.0. The molecular formula is C28H46O. The van der Waals surface area contributed by atoms with Crippen molar-refractivity contribution in [1.29, 1.82) is 0 Å². The number of aryl methyl sites for hydroxylation is 1. The Hall–Kier alpha value is -0.820. The standard InChI is InChI=1S/C28H46O/c1-3-5-8-24-10-12-25(13-11-24)9-6-22-29-28-20-18-27(19-21-28)26-16-14-23(7-4-2)15-17-26/h14-17,24-25,27-28H,3-13,18-22H2,1-2H3. The number of unbranched alkanes of at least 4 members (excludes halogenated alkanes) is 1. The van der Waals surface area contributed by atoms with Crippen LogP contribution < -0.4 is 0 Å². The molecule has 0 spiro atoms. The van der Waals surface area contributed by atoms with Gasteiger partial charge in [-0.3, -0.25) is 0 Å². The van der Waals surface area contributed by atoms with Crippen LogP contribution in [0, 0.1) is 11.8 Å². The van der Waals surface area contributed by atoms with Crippen LogP contribution in [0.3, 0.4) is 0 Å². The molecule has 3 rings (SSSR count). The van der Waals surface area contributed by atoms with Crippen molar-refractivity contribution in [3.8, 4) is 0 Å². The van der Waals surface area contributed by atoms with Gasteiger partial charge in [0.15, 0.2) is 0 Å². The summed E-state index contributed by atoms with van der Waals surface area (Å²) < 4.78 is 6.28. The normalized spacial score (nSPS) is 27.8. The van der Waals surface area contributed by atoms with Crippen LogP contribution in [0.25, 0.3) is 0 Å². The van der Waals surface area contributed by atoms with E-state index in [2.05, 4.69) is 38.1 Å². The summed E-state index contributed by atoms with van der Waals surface area (Å²) in [5, 5.41) is 0. The highest BCUT2D eigenvalue weighted by Crippen LogP contribution is 2.36. The fourth-order valence-corrected chi connectivity index (χ4v) is 5.73. The van der Waals surface area contributed by atoms with E-state index in [1.807, 2.05) is 0 Å². The van der Waals surface area contributed by atoms with E-state index in [1.165, 1.54) is 102 Å². The van der Waals surface area contributed by atoms with E-state index in [4.69, 9.17) is 4.74 Å². The average molecular weight is 399 g/mol. The summed E-state index contributed by atoms with van der Waals surface area (Å²) in [5.74, 6) is 2.79. The molecule has 164 valence electrons. The maximum Gasteiger partial charge on any atom is 0.0575 e. The first-order chi connectivity index (χ1) is 14.3. The fourth-order valence-electron chi connectivity index (χ4n) is 5.73. The van der Waals surface area contributed by atoms with Crippen molar-refractivity contribution in [2.75, 3.05) is 6.61 Å². The zero-order valence-electron chi connectivity index (χ0n) is 19.3. The van der Waals surface area contributed by atoms with Crippen molar-refractivity contribution in [3.63, 3.8) is 0 Å². The van der Waals surface area contributed by atoms with Gasteiger partial charge in [0, 0.05) is 6.61 Å². The van der Waals surface area contributed by atoms with E-state index in [0.717, 1.165) is 24.4 Å². The van der Waals surface area contributed by atoms with E-state index >= 15 is 0 Å². The number of hydrogen-bond donors (Lipinski definition) is 0. The Morgan fingerprint density at radius 3 is 1.93 bits per heavy atom. The molecule has 2 fully saturated rings. The smallest absolute Gasteiger partial charge is 0.0575 e. The number of ether oxygens (including phenoxy) is 1. The third kappa shape index (κ3) is 7.74. The highest BCUT2D eigenvalue weighted by molar-refractivity contribution is 5.25. The second kappa shape index (κ2) is 12.8. The molecule has 1 aromatic rings. The number of benzene rings is 1. The van der Waals surface area contributed by atoms with Crippen LogP contribution in [-0.4, -0.2) is 12.7 Å². The van der Waals surface area contributed by atoms with Gasteiger partial charge in [0.2, 0.25) is 0 Å². The van der Waals surface area contributed by atoms with Gasteiger partial charge in [0.25, 0.3) is 0 Å². The molecule has 0 unspecified atom stereocenters. The molecule has 0 amide bonds. The number of hydrogen-bond acceptors (Lipinski definition) is 1. The summed E-state index contributed by atoms with van der Waals surface area (Å²) in [5.41, 5.74) is 3.04. The molecule has 0 bridgehead atoms. The molecule has 1 aromatic carbocycles. The predicted octanol–water partition coefficient (Wildman–Crippen LogP) is 8.46. The van der Waals surface area contributed by atoms with E-state index in [9.17, 15) is 0 Å². The summed E-state index contributed by atoms with van der Waals surface area (Å²) in [6.07, 6.45) is 21.0. The zero-order valence-corrected chi connectivity index (χ0v) is 19.3. The summed E-state index contributed by atoms with van der Waals surface area (Å²) in [7, 11) is 0. The van der Waals surface area contributed by atoms with E-state index < -0.39 is 0 Å². The minimum absolute atomic E-state index is 0.524. The third-order valence-corrected chi connectivity index (χ3v) is 7.71. The summed E-state index contributed by atoms with van der Waals surface area (Å²) in [6, 6.07) is 9.46. The molecule has 2 aliphatic carbocycles. The first kappa shape index (κ1) is 22.9. The molecule has 0 radical (unpaired) electrons. The Morgan fingerprint density at radius 1 is 0.724 bits per heavy atom. The third-order valence-electron chi connectivity index (χ3n) is 7.71. The molecule has 1 nitrogen and oxygen atoms in total. The molecule has 1 heteroatoms. The lowest BCUT2D eigenvalue weighted by atomic mass is 9.78. The first-order valence-electron chi connectivity index (χ1n) is 13.0. The van der Waals surface area contributed by atoms with Crippen molar-refractivity contribution >= 4 is 0 Å². The molecule has 0 aliphatic heterocycles. The zero-order chi connectivity index (χ0) is 20.3. The quantitative estimate of drug-likeness (QED) is 0.340. The van der Waals surface area contributed by atoms with Crippen LogP contribution in [0.1, 0.15) is 121 Å². The fraction of sp³-hybridized carbons (Fsp3) is 0.786. The molecule has 0 atom stereocenters. The molecule has 0 aromatic heterocycles. The van der Waals surface area contributed by atoms with E-state index in [-0.39, 0.29) is 0 Å². The van der Waals surface area contributed by atoms with Gasteiger partial charge in [-0.25, -0.2) is 0 Å². The van der Waals surface area contributed by atoms with E-state index in [1.54, 1.807) is 5.56 Å². The Morgan fingerprint density at radius 2 is 1.34 bits per heavy atom. The van der Waals surface area contributed by atoms with Crippen LogP contribution in [-0.2, 0) is 11.2 Å². The Bertz CT molecular complexity index is 532. The lowest BCUT2D eigenvalue weighted by molar-refractivity contribution is 0.0204. The minimum Gasteiger partial charge on any atom is -0.378 e. The lowest BCUT2D eigenvalue weighted by Crippen LogP contribution is -2.21. The Kier molecular flexibility index (Phi) is 10.1. The minimum atomic E-state index is 0.524. The molecule has 0 saturated heterocycles. The maximum atomic E-state index is 6.28. The van der Waals surface area contributed by atoms with Crippen LogP contribution in [0.5, 0.6) is 0 Å². The average Bonchev–Trinajstić information content (AvgIpc) is 2.77. The van der Waals surface area contributed by atoms with Crippen molar-refractivity contribution in [2.45, 2.75) is 122 Å². The molecule has 29 heavy (non-hydrogen) atoms. The second-order valence-electron chi connectivity index (χ2n) is 10.0. The Balaban J connectivity index is 1.25. The van der Waals surface area contributed by atoms with Crippen molar-refractivity contribution < 1.29 is 4.74 Å². The molecule has 2 saturated carbocycles. The SMILES string of the molecule is CCCCC1CCC(CCCOC2CCC(c3ccc(CCC)cc3)CC2)CC1. The maximum absolute atomic E-state index is 6.28. The first-order valence-corrected chi connectivity index (χ1v) is 13.0. The molecule has 2 aliphatic rings. The molecular weight excluding hydrogens is 352 g/mol. The summed E-state index contributed by atoms with van der Waals surface area (Å²) in [4.78, 5) is 0. The van der Waals surface area contributed by atoms with Crippen molar-refractivity contribution in [3.05, 3.63) is 35.4 Å². The summed E-state index contributed by atoms with van der Waals surface area (Å²) >= 11 is 0. The van der Waals surface area contributed by atoms with Crippen molar-refractivity contribution in [2.24, 2.45) is 11.8 Å². The van der Waals surface area contributed by atoms with Crippen LogP contribution in [0.15, 0.2) is 24.3 Å². The van der Waals surface area contributed by atoms with Gasteiger partial charge in [0.1, 0.15) is 0 Å². The van der Waals surface area contributed by atoms with Gasteiger partial charge in [0.05, 0.1) is 6.10 Å². The monoisotopic (exact) mass is 398 g/mol. The van der Waals surface area contributed by atoms with Gasteiger partial charge in [-0.2, -0.15) is 0 Å².